The van der Waals surface area contributed by atoms with Crippen LogP contribution in [0.1, 0.15) is 44.6 Å². The number of carbonyl (C=O) groups is 3. The van der Waals surface area contributed by atoms with Gasteiger partial charge in [-0.15, -0.1) is 0 Å². The number of phosphoric acid groups is 3. The maximum atomic E-state index is 12.7. The number of ether oxygens (including phenoxy) is 1. The van der Waals surface area contributed by atoms with Gasteiger partial charge in [-0.2, -0.15) is 4.31 Å². The standard InChI is InChI=1S/C30H44N7O19P3S/c1-30(2,25(43)28(44)33-8-7-20(40)32-9-10-60-21(41)11-18(39)16-3-5-17(38)6-4-16)13-53-59(50,51)56-58(48,49)52-12-19-24(55-57(45,46)47)23(42)29(54-19)37-15-36-22-26(31)34-14-35-27(22)37/h3-6,14-15,18-19,23-25,29,38-39,42-43H,7-13H2,1-2H3,(H,32,40)(H,33,44)(H,48,49)(H,50,51)(H2,31,34,35)(H2,45,46,47)/t18-,19+,23+,24+,25-,29+/m0/s1. The van der Waals surface area contributed by atoms with Gasteiger partial charge < -0.3 is 61.1 Å². The molecule has 2 amide bonds. The van der Waals surface area contributed by atoms with Gasteiger partial charge in [0, 0.05) is 37.1 Å². The lowest BCUT2D eigenvalue weighted by atomic mass is 9.87. The van der Waals surface area contributed by atoms with E-state index in [1.54, 1.807) is 0 Å². The second-order valence-corrected chi connectivity index (χ2v) is 19.0. The zero-order valence-electron chi connectivity index (χ0n) is 31.6. The summed E-state index contributed by atoms with van der Waals surface area (Å²) in [5, 5.41) is 45.5. The molecule has 0 spiro atoms. The van der Waals surface area contributed by atoms with Gasteiger partial charge in [0.05, 0.1) is 25.6 Å². The molecular weight excluding hydrogens is 887 g/mol. The van der Waals surface area contributed by atoms with Crippen molar-refractivity contribution >= 4 is 69.1 Å². The number of nitrogens with one attached hydrogen (secondary N) is 2. The molecule has 3 heterocycles. The smallest absolute Gasteiger partial charge is 0.481 e. The fourth-order valence-corrected chi connectivity index (χ4v) is 8.86. The number of phosphoric ester groups is 3. The molecule has 0 aliphatic carbocycles. The number of phenols is 1. The van der Waals surface area contributed by atoms with E-state index in [0.717, 1.165) is 29.0 Å². The van der Waals surface area contributed by atoms with Gasteiger partial charge in [-0.25, -0.2) is 28.6 Å². The Hall–Kier alpha value is -3.46. The molecular formula is C30H44N7O19P3S. The molecule has 4 rings (SSSR count). The molecule has 8 atom stereocenters. The van der Waals surface area contributed by atoms with Gasteiger partial charge in [0.15, 0.2) is 22.8 Å². The molecule has 12 N–H and O–H groups in total. The average molecular weight is 932 g/mol. The minimum Gasteiger partial charge on any atom is -0.508 e. The number of rotatable bonds is 22. The van der Waals surface area contributed by atoms with Crippen molar-refractivity contribution in [3.05, 3.63) is 42.5 Å². The first-order chi connectivity index (χ1) is 27.9. The highest BCUT2D eigenvalue weighted by atomic mass is 32.2. The Morgan fingerprint density at radius 2 is 1.67 bits per heavy atom. The highest BCUT2D eigenvalue weighted by Crippen LogP contribution is 2.61. The maximum Gasteiger partial charge on any atom is 0.481 e. The molecule has 26 nitrogen and oxygen atoms in total. The number of aromatic nitrogens is 4. The highest BCUT2D eigenvalue weighted by Gasteiger charge is 2.50. The van der Waals surface area contributed by atoms with E-state index in [0.29, 0.717) is 5.56 Å². The number of phenolic OH excluding ortho intramolecular Hbond substituents is 1. The van der Waals surface area contributed by atoms with Crippen molar-refractivity contribution in [2.45, 2.75) is 63.4 Å². The van der Waals surface area contributed by atoms with Crippen molar-refractivity contribution in [1.29, 1.82) is 0 Å². The number of thioether (sulfide) groups is 1. The van der Waals surface area contributed by atoms with Crippen molar-refractivity contribution in [2.75, 3.05) is 37.8 Å². The zero-order valence-corrected chi connectivity index (χ0v) is 35.1. The molecule has 2 aromatic heterocycles. The molecule has 0 bridgehead atoms. The largest absolute Gasteiger partial charge is 0.508 e. The molecule has 2 unspecified atom stereocenters. The number of aliphatic hydroxyl groups excluding tert-OH is 3. The second-order valence-electron chi connectivity index (χ2n) is 13.6. The van der Waals surface area contributed by atoms with E-state index < -0.39 is 90.7 Å². The molecule has 0 radical (unpaired) electrons. The Morgan fingerprint density at radius 1 is 1.00 bits per heavy atom. The van der Waals surface area contributed by atoms with Crippen molar-refractivity contribution in [1.82, 2.24) is 30.2 Å². The summed E-state index contributed by atoms with van der Waals surface area (Å²) >= 11 is 0.887. The lowest BCUT2D eigenvalue weighted by Crippen LogP contribution is -2.46. The number of aromatic hydroxyl groups is 1. The summed E-state index contributed by atoms with van der Waals surface area (Å²) in [5.74, 6) is -1.37. The Bertz CT molecular complexity index is 2130. The van der Waals surface area contributed by atoms with E-state index in [-0.39, 0.29) is 59.5 Å². The number of hydrogen-bond donors (Lipinski definition) is 11. The third kappa shape index (κ3) is 14.3. The van der Waals surface area contributed by atoms with E-state index >= 15 is 0 Å². The first-order valence-electron chi connectivity index (χ1n) is 17.4. The molecule has 3 aromatic rings. The number of amides is 2. The van der Waals surface area contributed by atoms with E-state index in [4.69, 9.17) is 19.5 Å². The van der Waals surface area contributed by atoms with Gasteiger partial charge in [-0.05, 0) is 17.7 Å². The number of aliphatic hydroxyl groups is 3. The number of carbonyl (C=O) groups excluding carboxylic acids is 3. The van der Waals surface area contributed by atoms with Crippen LogP contribution in [0.3, 0.4) is 0 Å². The third-order valence-corrected chi connectivity index (χ3v) is 12.4. The molecule has 1 aliphatic rings. The topological polar surface area (TPSA) is 404 Å². The molecule has 1 fully saturated rings. The maximum absolute atomic E-state index is 12.7. The quantitative estimate of drug-likeness (QED) is 0.0446. The summed E-state index contributed by atoms with van der Waals surface area (Å²) in [7, 11) is -16.5. The van der Waals surface area contributed by atoms with Crippen LogP contribution in [0.2, 0.25) is 0 Å². The predicted octanol–water partition coefficient (Wildman–Crippen LogP) is -0.506. The van der Waals surface area contributed by atoms with Crippen LogP contribution in [0.25, 0.3) is 11.2 Å². The fraction of sp³-hybridized carbons (Fsp3) is 0.533. The molecule has 1 saturated heterocycles. The molecule has 1 aliphatic heterocycles. The first kappa shape index (κ1) is 49.2. The Kier molecular flexibility index (Phi) is 16.9. The highest BCUT2D eigenvalue weighted by molar-refractivity contribution is 8.13. The van der Waals surface area contributed by atoms with Crippen LogP contribution >= 0.6 is 35.2 Å². The summed E-state index contributed by atoms with van der Waals surface area (Å²) in [6.07, 6.45) is -8.35. The third-order valence-electron chi connectivity index (χ3n) is 8.40. The molecule has 60 heavy (non-hydrogen) atoms. The van der Waals surface area contributed by atoms with Crippen LogP contribution < -0.4 is 16.4 Å². The lowest BCUT2D eigenvalue weighted by molar-refractivity contribution is -0.137. The van der Waals surface area contributed by atoms with Crippen LogP contribution in [0, 0.1) is 5.41 Å². The number of imidazole rings is 1. The number of nitrogen functional groups attached to an aromatic ring is 1. The normalized spacial score (nSPS) is 21.5. The number of anilines is 1. The van der Waals surface area contributed by atoms with E-state index in [1.807, 2.05) is 0 Å². The van der Waals surface area contributed by atoms with Crippen LogP contribution in [-0.4, -0.2) is 133 Å². The Labute approximate surface area is 344 Å². The summed E-state index contributed by atoms with van der Waals surface area (Å²) < 4.78 is 62.1. The number of benzene rings is 1. The van der Waals surface area contributed by atoms with Crippen LogP contribution in [0.4, 0.5) is 5.82 Å². The number of fused-ring (bicyclic) bond motifs is 1. The average Bonchev–Trinajstić information content (AvgIpc) is 3.71. The zero-order chi connectivity index (χ0) is 44.6. The van der Waals surface area contributed by atoms with Crippen molar-refractivity contribution in [3.8, 4) is 5.75 Å². The van der Waals surface area contributed by atoms with Gasteiger partial charge in [-0.1, -0.05) is 37.7 Å². The van der Waals surface area contributed by atoms with E-state index in [2.05, 4.69) is 34.4 Å². The van der Waals surface area contributed by atoms with Gasteiger partial charge in [0.2, 0.25) is 11.8 Å². The fourth-order valence-electron chi connectivity index (χ4n) is 5.33. The van der Waals surface area contributed by atoms with Gasteiger partial charge in [-0.3, -0.25) is 32.5 Å². The second kappa shape index (κ2) is 20.6. The van der Waals surface area contributed by atoms with Crippen molar-refractivity contribution < 1.29 is 90.7 Å². The summed E-state index contributed by atoms with van der Waals surface area (Å²) in [5.41, 5.74) is 4.66. The molecule has 0 saturated carbocycles. The lowest BCUT2D eigenvalue weighted by Gasteiger charge is -2.30. The van der Waals surface area contributed by atoms with Gasteiger partial charge in [0.1, 0.15) is 42.0 Å². The summed E-state index contributed by atoms with van der Waals surface area (Å²) in [4.78, 5) is 87.9. The SMILES string of the molecule is CC(C)(COP(=O)(O)OP(=O)(O)OC[C@H]1O[C@@H](n2cnc3c(N)ncnc32)[C@H](O)[C@@H]1OP(=O)(O)O)[C@@H](O)C(=O)NCCC(=O)NCCSC(=O)C[C@H](O)c1ccc(O)cc1. The summed E-state index contributed by atoms with van der Waals surface area (Å²) in [6, 6.07) is 5.73. The van der Waals surface area contributed by atoms with Gasteiger partial charge >= 0.3 is 23.5 Å². The Balaban J connectivity index is 1.19. The monoisotopic (exact) mass is 931 g/mol. The number of nitrogens with zero attached hydrogens (tertiary/aromatic N) is 4. The minimum atomic E-state index is -5.59. The Morgan fingerprint density at radius 3 is 2.33 bits per heavy atom. The first-order valence-corrected chi connectivity index (χ1v) is 22.9. The van der Waals surface area contributed by atoms with Crippen molar-refractivity contribution in [3.63, 3.8) is 0 Å². The predicted molar refractivity (Wildman–Crippen MR) is 205 cm³/mol. The van der Waals surface area contributed by atoms with E-state index in [9.17, 15) is 68.1 Å². The summed E-state index contributed by atoms with van der Waals surface area (Å²) in [6.45, 7) is 0.229. The van der Waals surface area contributed by atoms with Gasteiger partial charge in [0.25, 0.3) is 0 Å². The number of hydrogen-bond acceptors (Lipinski definition) is 20. The van der Waals surface area contributed by atoms with E-state index in [1.165, 1.54) is 38.1 Å². The van der Waals surface area contributed by atoms with Crippen LogP contribution in [0.15, 0.2) is 36.9 Å². The minimum absolute atomic E-state index is 0.0125. The van der Waals surface area contributed by atoms with Crippen molar-refractivity contribution in [2.24, 2.45) is 5.41 Å². The molecule has 334 valence electrons. The van der Waals surface area contributed by atoms with Crippen LogP contribution in [-0.2, 0) is 50.7 Å². The molecule has 1 aromatic carbocycles. The van der Waals surface area contributed by atoms with Crippen LogP contribution in [0.5, 0.6) is 5.75 Å². The molecule has 30 heteroatoms. The number of nitrogens with two attached hydrogens (primary N) is 1.